The van der Waals surface area contributed by atoms with Crippen LogP contribution in [0.1, 0.15) is 12.5 Å². The van der Waals surface area contributed by atoms with Gasteiger partial charge in [0.2, 0.25) is 0 Å². The third-order valence-electron chi connectivity index (χ3n) is 2.30. The maximum atomic E-state index is 5.33. The van der Waals surface area contributed by atoms with Crippen LogP contribution >= 0.6 is 0 Å². The van der Waals surface area contributed by atoms with Crippen LogP contribution < -0.4 is 4.74 Å². The van der Waals surface area contributed by atoms with Crippen molar-refractivity contribution in [3.63, 3.8) is 0 Å². The number of hydrogen-bond acceptors (Lipinski definition) is 2. The van der Waals surface area contributed by atoms with Crippen molar-refractivity contribution in [1.82, 2.24) is 4.98 Å². The molecule has 0 saturated heterocycles. The van der Waals surface area contributed by atoms with Gasteiger partial charge in [0.25, 0.3) is 0 Å². The molecule has 0 aliphatic rings. The largest absolute Gasteiger partial charge is 0.496 e. The van der Waals surface area contributed by atoms with E-state index in [1.807, 2.05) is 43.3 Å². The number of hydrogen-bond donors (Lipinski definition) is 0. The van der Waals surface area contributed by atoms with E-state index < -0.39 is 0 Å². The number of pyridine rings is 1. The number of benzene rings is 1. The van der Waals surface area contributed by atoms with Crippen LogP contribution in [0.5, 0.6) is 5.75 Å². The number of ether oxygens (including phenoxy) is 1. The first-order valence-electron chi connectivity index (χ1n) is 4.90. The second-order valence-corrected chi connectivity index (χ2v) is 3.29. The Morgan fingerprint density at radius 1 is 1.33 bits per heavy atom. The molecule has 15 heavy (non-hydrogen) atoms. The molecule has 0 amide bonds. The third kappa shape index (κ3) is 1.84. The van der Waals surface area contributed by atoms with Crippen molar-refractivity contribution in [3.05, 3.63) is 42.1 Å². The number of rotatable bonds is 2. The van der Waals surface area contributed by atoms with E-state index in [0.717, 1.165) is 22.2 Å². The monoisotopic (exact) mass is 199 g/mol. The fraction of sp³-hybridized carbons (Fsp3) is 0.154. The lowest BCUT2D eigenvalue weighted by molar-refractivity contribution is 0.414. The highest BCUT2D eigenvalue weighted by atomic mass is 16.5. The molecule has 2 heteroatoms. The fourth-order valence-electron chi connectivity index (χ4n) is 1.60. The van der Waals surface area contributed by atoms with Crippen LogP contribution in [0.25, 0.3) is 17.0 Å². The Labute approximate surface area is 89.2 Å². The van der Waals surface area contributed by atoms with E-state index in [-0.39, 0.29) is 0 Å². The van der Waals surface area contributed by atoms with Gasteiger partial charge in [-0.25, -0.2) is 0 Å². The van der Waals surface area contributed by atoms with Crippen molar-refractivity contribution < 1.29 is 4.74 Å². The second kappa shape index (κ2) is 4.13. The van der Waals surface area contributed by atoms with Gasteiger partial charge in [-0.1, -0.05) is 18.2 Å². The smallest absolute Gasteiger partial charge is 0.126 e. The molecule has 0 aliphatic carbocycles. The second-order valence-electron chi connectivity index (χ2n) is 3.29. The number of fused-ring (bicyclic) bond motifs is 1. The van der Waals surface area contributed by atoms with Gasteiger partial charge >= 0.3 is 0 Å². The van der Waals surface area contributed by atoms with Gasteiger partial charge in [0.1, 0.15) is 5.75 Å². The summed E-state index contributed by atoms with van der Waals surface area (Å²) in [5.41, 5.74) is 2.05. The summed E-state index contributed by atoms with van der Waals surface area (Å²) in [5, 5.41) is 1.10. The number of aromatic nitrogens is 1. The quantitative estimate of drug-likeness (QED) is 0.740. The highest BCUT2D eigenvalue weighted by molar-refractivity contribution is 5.83. The Kier molecular flexibility index (Phi) is 2.68. The van der Waals surface area contributed by atoms with Gasteiger partial charge in [0.05, 0.1) is 12.6 Å². The van der Waals surface area contributed by atoms with Crippen LogP contribution in [0.4, 0.5) is 0 Å². The minimum Gasteiger partial charge on any atom is -0.496 e. The van der Waals surface area contributed by atoms with E-state index in [9.17, 15) is 0 Å². The Hall–Kier alpha value is -1.83. The Morgan fingerprint density at radius 2 is 2.20 bits per heavy atom. The van der Waals surface area contributed by atoms with E-state index in [4.69, 9.17) is 4.74 Å². The maximum Gasteiger partial charge on any atom is 0.126 e. The van der Waals surface area contributed by atoms with Crippen molar-refractivity contribution in [2.75, 3.05) is 7.11 Å². The first kappa shape index (κ1) is 9.71. The summed E-state index contributed by atoms with van der Waals surface area (Å²) in [7, 11) is 1.69. The summed E-state index contributed by atoms with van der Waals surface area (Å²) in [6, 6.07) is 8.01. The molecule has 0 aliphatic heterocycles. The highest BCUT2D eigenvalue weighted by Crippen LogP contribution is 2.25. The molecule has 2 aromatic rings. The molecule has 0 radical (unpaired) electrons. The summed E-state index contributed by atoms with van der Waals surface area (Å²) in [4.78, 5) is 4.31. The molecular weight excluding hydrogens is 186 g/mol. The molecule has 76 valence electrons. The summed E-state index contributed by atoms with van der Waals surface area (Å²) in [5.74, 6) is 0.883. The molecule has 1 aromatic heterocycles. The van der Waals surface area contributed by atoms with Gasteiger partial charge in [-0.3, -0.25) is 4.98 Å². The zero-order valence-corrected chi connectivity index (χ0v) is 8.90. The normalized spacial score (nSPS) is 11.1. The van der Waals surface area contributed by atoms with E-state index in [1.54, 1.807) is 13.3 Å². The SMILES string of the molecule is CC=Cc1cc2ncccc2cc1OC. The lowest BCUT2D eigenvalue weighted by Crippen LogP contribution is -1.88. The van der Waals surface area contributed by atoms with Crippen molar-refractivity contribution >= 4 is 17.0 Å². The predicted octanol–water partition coefficient (Wildman–Crippen LogP) is 3.28. The fourth-order valence-corrected chi connectivity index (χ4v) is 1.60. The number of methoxy groups -OCH3 is 1. The molecule has 1 aromatic carbocycles. The van der Waals surface area contributed by atoms with Crippen LogP contribution in [0.3, 0.4) is 0 Å². The average molecular weight is 199 g/mol. The standard InChI is InChI=1S/C13H13NO/c1-3-5-11-8-12-10(6-4-7-14-12)9-13(11)15-2/h3-9H,1-2H3. The molecule has 0 saturated carbocycles. The zero-order valence-electron chi connectivity index (χ0n) is 8.90. The minimum absolute atomic E-state index is 0.883. The van der Waals surface area contributed by atoms with Crippen LogP contribution in [0.15, 0.2) is 36.5 Å². The van der Waals surface area contributed by atoms with E-state index in [2.05, 4.69) is 4.98 Å². The first-order chi connectivity index (χ1) is 7.35. The van der Waals surface area contributed by atoms with Gasteiger partial charge in [0, 0.05) is 17.1 Å². The Bertz CT molecular complexity index is 503. The van der Waals surface area contributed by atoms with Crippen LogP contribution in [0, 0.1) is 0 Å². The van der Waals surface area contributed by atoms with Crippen molar-refractivity contribution in [3.8, 4) is 5.75 Å². The van der Waals surface area contributed by atoms with Crippen molar-refractivity contribution in [2.24, 2.45) is 0 Å². The minimum atomic E-state index is 0.883. The van der Waals surface area contributed by atoms with Crippen molar-refractivity contribution in [1.29, 1.82) is 0 Å². The number of allylic oxidation sites excluding steroid dienone is 1. The van der Waals surface area contributed by atoms with Gasteiger partial charge in [0.15, 0.2) is 0 Å². The third-order valence-corrected chi connectivity index (χ3v) is 2.30. The molecule has 0 spiro atoms. The summed E-state index contributed by atoms with van der Waals surface area (Å²) < 4.78 is 5.33. The van der Waals surface area contributed by atoms with Gasteiger partial charge < -0.3 is 4.74 Å². The number of nitrogens with zero attached hydrogens (tertiary/aromatic N) is 1. The Balaban J connectivity index is 2.69. The van der Waals surface area contributed by atoms with Crippen LogP contribution in [-0.2, 0) is 0 Å². The molecule has 2 rings (SSSR count). The first-order valence-corrected chi connectivity index (χ1v) is 4.90. The van der Waals surface area contributed by atoms with Crippen molar-refractivity contribution in [2.45, 2.75) is 6.92 Å². The van der Waals surface area contributed by atoms with Gasteiger partial charge in [-0.05, 0) is 25.1 Å². The summed E-state index contributed by atoms with van der Waals surface area (Å²) in [6.07, 6.45) is 5.81. The molecule has 0 atom stereocenters. The van der Waals surface area contributed by atoms with E-state index in [0.29, 0.717) is 0 Å². The molecule has 0 fully saturated rings. The molecule has 2 nitrogen and oxygen atoms in total. The molecule has 0 N–H and O–H groups in total. The maximum absolute atomic E-state index is 5.33. The highest BCUT2D eigenvalue weighted by Gasteiger charge is 2.02. The molecule has 1 heterocycles. The molecule has 0 bridgehead atoms. The molecule has 0 unspecified atom stereocenters. The predicted molar refractivity (Wildman–Crippen MR) is 63.0 cm³/mol. The Morgan fingerprint density at radius 3 is 2.93 bits per heavy atom. The van der Waals surface area contributed by atoms with Gasteiger partial charge in [-0.15, -0.1) is 0 Å². The van der Waals surface area contributed by atoms with Crippen LogP contribution in [-0.4, -0.2) is 12.1 Å². The van der Waals surface area contributed by atoms with Crippen LogP contribution in [0.2, 0.25) is 0 Å². The summed E-state index contributed by atoms with van der Waals surface area (Å²) in [6.45, 7) is 1.99. The average Bonchev–Trinajstić information content (AvgIpc) is 2.28. The van der Waals surface area contributed by atoms with E-state index >= 15 is 0 Å². The topological polar surface area (TPSA) is 22.1 Å². The zero-order chi connectivity index (χ0) is 10.7. The lowest BCUT2D eigenvalue weighted by atomic mass is 10.1. The van der Waals surface area contributed by atoms with Gasteiger partial charge in [-0.2, -0.15) is 0 Å². The van der Waals surface area contributed by atoms with E-state index in [1.165, 1.54) is 0 Å². The molecular formula is C13H13NO. The lowest BCUT2D eigenvalue weighted by Gasteiger charge is -2.06. The summed E-state index contributed by atoms with van der Waals surface area (Å²) >= 11 is 0.